The van der Waals surface area contributed by atoms with E-state index >= 15 is 0 Å². The molecule has 3 rings (SSSR count). The Morgan fingerprint density at radius 2 is 2.12 bits per heavy atom. The highest BCUT2D eigenvalue weighted by Gasteiger charge is 2.34. The number of carbonyl (C=O) groups is 1. The van der Waals surface area contributed by atoms with Crippen molar-refractivity contribution in [1.82, 2.24) is 14.9 Å². The van der Waals surface area contributed by atoms with E-state index in [1.807, 2.05) is 13.8 Å². The van der Waals surface area contributed by atoms with Gasteiger partial charge in [-0.2, -0.15) is 0 Å². The summed E-state index contributed by atoms with van der Waals surface area (Å²) in [4.78, 5) is 25.2. The molecule has 2 aromatic heterocycles. The van der Waals surface area contributed by atoms with Crippen molar-refractivity contribution in [3.8, 4) is 0 Å². The molecule has 0 aliphatic carbocycles. The van der Waals surface area contributed by atoms with Crippen LogP contribution in [0, 0.1) is 13.8 Å². The average molecular weight is 400 g/mol. The Kier molecular flexibility index (Phi) is 5.09. The molecule has 3 heterocycles. The van der Waals surface area contributed by atoms with Crippen molar-refractivity contribution in [2.75, 3.05) is 18.6 Å². The van der Waals surface area contributed by atoms with Gasteiger partial charge in [-0.15, -0.1) is 11.3 Å². The van der Waals surface area contributed by atoms with E-state index in [2.05, 4.69) is 16.9 Å². The van der Waals surface area contributed by atoms with Crippen molar-refractivity contribution in [2.45, 2.75) is 43.5 Å². The third-order valence-electron chi connectivity index (χ3n) is 4.67. The molecule has 6 nitrogen and oxygen atoms in total. The van der Waals surface area contributed by atoms with E-state index in [4.69, 9.17) is 0 Å². The fourth-order valence-electron chi connectivity index (χ4n) is 3.00. The van der Waals surface area contributed by atoms with Crippen molar-refractivity contribution in [3.63, 3.8) is 0 Å². The van der Waals surface area contributed by atoms with E-state index in [0.717, 1.165) is 20.8 Å². The summed E-state index contributed by atoms with van der Waals surface area (Å²) >= 11 is 3.04. The van der Waals surface area contributed by atoms with Crippen molar-refractivity contribution in [3.05, 3.63) is 16.8 Å². The Balaban J connectivity index is 1.78. The predicted molar refractivity (Wildman–Crippen MR) is 102 cm³/mol. The van der Waals surface area contributed by atoms with Gasteiger partial charge in [-0.05, 0) is 32.8 Å². The molecular weight excluding hydrogens is 378 g/mol. The molecule has 0 N–H and O–H groups in total. The van der Waals surface area contributed by atoms with Crippen LogP contribution in [0.15, 0.2) is 11.4 Å². The van der Waals surface area contributed by atoms with Crippen molar-refractivity contribution < 1.29 is 13.2 Å². The molecule has 2 atom stereocenters. The first kappa shape index (κ1) is 18.6. The molecule has 0 aromatic carbocycles. The molecule has 1 aliphatic heterocycles. The number of thiophene rings is 1. The molecule has 1 fully saturated rings. The summed E-state index contributed by atoms with van der Waals surface area (Å²) < 4.78 is 23.3. The zero-order chi connectivity index (χ0) is 18.4. The minimum Gasteiger partial charge on any atom is -0.341 e. The number of carbonyl (C=O) groups excluding carboxylic acids is 1. The quantitative estimate of drug-likeness (QED) is 0.580. The number of sulfone groups is 1. The second-order valence-corrected chi connectivity index (χ2v) is 11.2. The normalized spacial score (nSPS) is 20.7. The highest BCUT2D eigenvalue weighted by atomic mass is 32.2. The van der Waals surface area contributed by atoms with Gasteiger partial charge in [0, 0.05) is 23.4 Å². The van der Waals surface area contributed by atoms with Crippen LogP contribution in [0.2, 0.25) is 0 Å². The number of aromatic nitrogens is 2. The third kappa shape index (κ3) is 3.68. The van der Waals surface area contributed by atoms with E-state index in [1.54, 1.807) is 23.3 Å². The number of fused-ring (bicyclic) bond motifs is 1. The van der Waals surface area contributed by atoms with Gasteiger partial charge >= 0.3 is 0 Å². The summed E-state index contributed by atoms with van der Waals surface area (Å²) in [5.41, 5.74) is 1.15. The summed E-state index contributed by atoms with van der Waals surface area (Å²) in [6, 6.07) is -0.226. The maximum Gasteiger partial charge on any atom is 0.235 e. The number of amides is 1. The van der Waals surface area contributed by atoms with E-state index in [0.29, 0.717) is 6.42 Å². The maximum atomic E-state index is 12.7. The Morgan fingerprint density at radius 3 is 2.76 bits per heavy atom. The summed E-state index contributed by atoms with van der Waals surface area (Å²) in [5.74, 6) is 0.160. The highest BCUT2D eigenvalue weighted by molar-refractivity contribution is 8.00. The van der Waals surface area contributed by atoms with Crippen LogP contribution in [0.3, 0.4) is 0 Å². The molecular formula is C16H21N3O3S3. The molecule has 136 valence electrons. The molecule has 1 aliphatic rings. The molecule has 25 heavy (non-hydrogen) atoms. The second kappa shape index (κ2) is 6.85. The Bertz CT molecular complexity index is 923. The second-order valence-electron chi connectivity index (χ2n) is 6.41. The Morgan fingerprint density at radius 1 is 1.40 bits per heavy atom. The lowest BCUT2D eigenvalue weighted by molar-refractivity contribution is -0.130. The van der Waals surface area contributed by atoms with E-state index < -0.39 is 9.84 Å². The number of rotatable bonds is 4. The van der Waals surface area contributed by atoms with Crippen LogP contribution >= 0.6 is 23.1 Å². The van der Waals surface area contributed by atoms with Crippen LogP contribution in [-0.4, -0.2) is 59.0 Å². The number of hydrogen-bond acceptors (Lipinski definition) is 7. The van der Waals surface area contributed by atoms with Crippen LogP contribution in [0.1, 0.15) is 23.8 Å². The fourth-order valence-corrected chi connectivity index (χ4v) is 6.92. The van der Waals surface area contributed by atoms with Gasteiger partial charge in [-0.1, -0.05) is 11.8 Å². The highest BCUT2D eigenvalue weighted by Crippen LogP contribution is 2.36. The van der Waals surface area contributed by atoms with Gasteiger partial charge in [0.15, 0.2) is 9.84 Å². The maximum absolute atomic E-state index is 12.7. The largest absolute Gasteiger partial charge is 0.341 e. The first-order chi connectivity index (χ1) is 11.7. The lowest BCUT2D eigenvalue weighted by Crippen LogP contribution is -2.41. The average Bonchev–Trinajstić information content (AvgIpc) is 3.06. The van der Waals surface area contributed by atoms with Crippen LogP contribution in [0.5, 0.6) is 0 Å². The SMILES string of the molecule is Cc1sc2ncnc(S[C@@H](C)C(=O)N(C)[C@H]3CCS(=O)(=O)C3)c2c1C. The Labute approximate surface area is 156 Å². The van der Waals surface area contributed by atoms with Gasteiger partial charge in [-0.25, -0.2) is 18.4 Å². The molecule has 1 amide bonds. The van der Waals surface area contributed by atoms with Crippen LogP contribution in [-0.2, 0) is 14.6 Å². The topological polar surface area (TPSA) is 80.2 Å². The van der Waals surface area contributed by atoms with Gasteiger partial charge in [-0.3, -0.25) is 4.79 Å². The molecule has 9 heteroatoms. The van der Waals surface area contributed by atoms with E-state index in [1.165, 1.54) is 23.0 Å². The minimum atomic E-state index is -3.01. The van der Waals surface area contributed by atoms with Crippen LogP contribution < -0.4 is 0 Å². The zero-order valence-corrected chi connectivity index (χ0v) is 17.1. The molecule has 0 radical (unpaired) electrons. The monoisotopic (exact) mass is 399 g/mol. The first-order valence-corrected chi connectivity index (χ1v) is 11.6. The summed E-state index contributed by atoms with van der Waals surface area (Å²) in [6.07, 6.45) is 2.05. The van der Waals surface area contributed by atoms with Crippen LogP contribution in [0.4, 0.5) is 0 Å². The summed E-state index contributed by atoms with van der Waals surface area (Å²) in [6.45, 7) is 5.94. The standard InChI is InChI=1S/C16H21N3O3S3/c1-9-10(2)23-14-13(9)15(18-8-17-14)24-11(3)16(20)19(4)12-5-6-25(21,22)7-12/h8,11-12H,5-7H2,1-4H3/t11-,12-/m0/s1. The molecule has 1 saturated heterocycles. The molecule has 0 bridgehead atoms. The van der Waals surface area contributed by atoms with Gasteiger partial charge in [0.2, 0.25) is 5.91 Å². The van der Waals surface area contributed by atoms with E-state index in [9.17, 15) is 13.2 Å². The molecule has 0 saturated carbocycles. The number of aryl methyl sites for hydroxylation is 2. The first-order valence-electron chi connectivity index (χ1n) is 8.04. The van der Waals surface area contributed by atoms with Gasteiger partial charge in [0.05, 0.1) is 16.8 Å². The van der Waals surface area contributed by atoms with Gasteiger partial charge < -0.3 is 4.90 Å². The van der Waals surface area contributed by atoms with Crippen molar-refractivity contribution >= 4 is 49.1 Å². The molecule has 0 unspecified atom stereocenters. The number of hydrogen-bond donors (Lipinski definition) is 0. The lowest BCUT2D eigenvalue weighted by atomic mass is 10.2. The zero-order valence-electron chi connectivity index (χ0n) is 14.6. The number of thioether (sulfide) groups is 1. The third-order valence-corrected chi connectivity index (χ3v) is 8.62. The van der Waals surface area contributed by atoms with Crippen molar-refractivity contribution in [2.24, 2.45) is 0 Å². The van der Waals surface area contributed by atoms with Gasteiger partial charge in [0.1, 0.15) is 16.2 Å². The van der Waals surface area contributed by atoms with Gasteiger partial charge in [0.25, 0.3) is 0 Å². The van der Waals surface area contributed by atoms with Crippen molar-refractivity contribution in [1.29, 1.82) is 0 Å². The van der Waals surface area contributed by atoms with Crippen LogP contribution in [0.25, 0.3) is 10.2 Å². The Hall–Kier alpha value is -1.19. The minimum absolute atomic E-state index is 0.0627. The molecule has 2 aromatic rings. The summed E-state index contributed by atoms with van der Waals surface area (Å²) in [5, 5.41) is 1.48. The smallest absolute Gasteiger partial charge is 0.235 e. The fraction of sp³-hybridized carbons (Fsp3) is 0.562. The lowest BCUT2D eigenvalue weighted by Gasteiger charge is -2.26. The summed E-state index contributed by atoms with van der Waals surface area (Å²) in [7, 11) is -1.32. The number of nitrogens with zero attached hydrogens (tertiary/aromatic N) is 3. The molecule has 0 spiro atoms. The van der Waals surface area contributed by atoms with E-state index in [-0.39, 0.29) is 28.7 Å². The predicted octanol–water partition coefficient (Wildman–Crippen LogP) is 2.43.